The molecule has 0 bridgehead atoms. The lowest BCUT2D eigenvalue weighted by atomic mass is 10.2. The number of nitrogens with one attached hydrogen (secondary N) is 1. The highest BCUT2D eigenvalue weighted by molar-refractivity contribution is 9.10. The second-order valence-electron chi connectivity index (χ2n) is 4.45. The van der Waals surface area contributed by atoms with Gasteiger partial charge in [-0.1, -0.05) is 15.9 Å². The van der Waals surface area contributed by atoms with E-state index >= 15 is 0 Å². The van der Waals surface area contributed by atoms with Crippen LogP contribution in [-0.2, 0) is 10.5 Å². The Hall–Kier alpha value is -1.46. The number of anilines is 1. The maximum Gasteiger partial charge on any atom is 0.221 e. The molecule has 21 heavy (non-hydrogen) atoms. The van der Waals surface area contributed by atoms with E-state index in [0.29, 0.717) is 0 Å². The molecule has 0 heterocycles. The number of halogens is 1. The monoisotopic (exact) mass is 365 g/mol. The topological polar surface area (TPSA) is 38.3 Å². The Bertz CT molecular complexity index is 629. The molecule has 3 nitrogen and oxygen atoms in total. The first kappa shape index (κ1) is 15.9. The summed E-state index contributed by atoms with van der Waals surface area (Å²) in [6.45, 7) is 1.50. The molecule has 1 N–H and O–H groups in total. The molecule has 0 atom stereocenters. The van der Waals surface area contributed by atoms with Crippen molar-refractivity contribution in [3.05, 3.63) is 52.5 Å². The molecule has 0 radical (unpaired) electrons. The Morgan fingerprint density at radius 2 is 1.95 bits per heavy atom. The van der Waals surface area contributed by atoms with E-state index in [-0.39, 0.29) is 5.91 Å². The lowest BCUT2D eigenvalue weighted by molar-refractivity contribution is -0.114. The molecule has 2 aromatic rings. The first-order chi connectivity index (χ1) is 10.1. The highest BCUT2D eigenvalue weighted by Gasteiger charge is 2.05. The molecule has 2 aromatic carbocycles. The Labute approximate surface area is 137 Å². The van der Waals surface area contributed by atoms with Crippen molar-refractivity contribution in [2.24, 2.45) is 0 Å². The summed E-state index contributed by atoms with van der Waals surface area (Å²) in [6.07, 6.45) is 0. The third kappa shape index (κ3) is 4.79. The number of carbonyl (C=O) groups excluding carboxylic acids is 1. The van der Waals surface area contributed by atoms with Gasteiger partial charge in [0.05, 0.1) is 7.11 Å². The summed E-state index contributed by atoms with van der Waals surface area (Å²) in [5, 5.41) is 2.76. The second kappa shape index (κ2) is 7.52. The van der Waals surface area contributed by atoms with Gasteiger partial charge in [-0.25, -0.2) is 0 Å². The molecule has 0 saturated heterocycles. The summed E-state index contributed by atoms with van der Waals surface area (Å²) in [7, 11) is 1.68. The van der Waals surface area contributed by atoms with Crippen LogP contribution in [0.2, 0.25) is 0 Å². The molecular weight excluding hydrogens is 350 g/mol. The number of methoxy groups -OCH3 is 1. The molecule has 0 aliphatic rings. The summed E-state index contributed by atoms with van der Waals surface area (Å²) in [4.78, 5) is 12.1. The van der Waals surface area contributed by atoms with Crippen LogP contribution in [0.4, 0.5) is 5.69 Å². The van der Waals surface area contributed by atoms with E-state index < -0.39 is 0 Å². The molecule has 1 amide bonds. The number of carbonyl (C=O) groups is 1. The van der Waals surface area contributed by atoms with Crippen molar-refractivity contribution < 1.29 is 9.53 Å². The number of amides is 1. The summed E-state index contributed by atoms with van der Waals surface area (Å²) >= 11 is 5.20. The van der Waals surface area contributed by atoms with Crippen molar-refractivity contribution in [2.75, 3.05) is 12.4 Å². The molecule has 2 rings (SSSR count). The molecular formula is C16H16BrNO2S. The minimum atomic E-state index is -0.0609. The van der Waals surface area contributed by atoms with Crippen LogP contribution in [0.25, 0.3) is 0 Å². The largest absolute Gasteiger partial charge is 0.496 e. The molecule has 0 aromatic heterocycles. The van der Waals surface area contributed by atoms with Gasteiger partial charge in [0.25, 0.3) is 0 Å². The molecule has 110 valence electrons. The summed E-state index contributed by atoms with van der Waals surface area (Å²) in [6, 6.07) is 13.8. The standard InChI is InChI=1S/C16H16BrNO2S/c1-11(19)18-14-4-6-15(7-5-14)21-10-12-9-13(17)3-8-16(12)20-2/h3-9H,10H2,1-2H3,(H,18,19). The molecule has 0 unspecified atom stereocenters. The summed E-state index contributed by atoms with van der Waals surface area (Å²) < 4.78 is 6.41. The molecule has 5 heteroatoms. The Morgan fingerprint density at radius 3 is 2.57 bits per heavy atom. The van der Waals surface area contributed by atoms with Crippen molar-refractivity contribution in [3.63, 3.8) is 0 Å². The number of ether oxygens (including phenoxy) is 1. The van der Waals surface area contributed by atoms with Gasteiger partial charge >= 0.3 is 0 Å². The van der Waals surface area contributed by atoms with Crippen LogP contribution in [0.1, 0.15) is 12.5 Å². The van der Waals surface area contributed by atoms with Crippen LogP contribution >= 0.6 is 27.7 Å². The number of thioether (sulfide) groups is 1. The lowest BCUT2D eigenvalue weighted by Gasteiger charge is -2.09. The number of hydrogen-bond donors (Lipinski definition) is 1. The Balaban J connectivity index is 2.03. The van der Waals surface area contributed by atoms with E-state index in [9.17, 15) is 4.79 Å². The first-order valence-electron chi connectivity index (χ1n) is 6.41. The first-order valence-corrected chi connectivity index (χ1v) is 8.19. The van der Waals surface area contributed by atoms with Gasteiger partial charge in [-0.3, -0.25) is 4.79 Å². The fourth-order valence-corrected chi connectivity index (χ4v) is 3.14. The highest BCUT2D eigenvalue weighted by atomic mass is 79.9. The van der Waals surface area contributed by atoms with Gasteiger partial charge in [-0.05, 0) is 42.5 Å². The smallest absolute Gasteiger partial charge is 0.221 e. The van der Waals surface area contributed by atoms with Gasteiger partial charge in [-0.2, -0.15) is 0 Å². The van der Waals surface area contributed by atoms with Gasteiger partial charge in [0.1, 0.15) is 5.75 Å². The predicted molar refractivity (Wildman–Crippen MR) is 91.0 cm³/mol. The number of rotatable bonds is 5. The van der Waals surface area contributed by atoms with Gasteiger partial charge in [-0.15, -0.1) is 11.8 Å². The quantitative estimate of drug-likeness (QED) is 0.779. The van der Waals surface area contributed by atoms with Crippen molar-refractivity contribution in [3.8, 4) is 5.75 Å². The van der Waals surface area contributed by atoms with E-state index in [2.05, 4.69) is 27.3 Å². The summed E-state index contributed by atoms with van der Waals surface area (Å²) in [5.41, 5.74) is 1.95. The van der Waals surface area contributed by atoms with Crippen LogP contribution in [0, 0.1) is 0 Å². The van der Waals surface area contributed by atoms with E-state index in [4.69, 9.17) is 4.74 Å². The Morgan fingerprint density at radius 1 is 1.24 bits per heavy atom. The molecule has 0 fully saturated rings. The van der Waals surface area contributed by atoms with Crippen molar-refractivity contribution in [1.82, 2.24) is 0 Å². The van der Waals surface area contributed by atoms with Gasteiger partial charge in [0, 0.05) is 33.3 Å². The third-order valence-electron chi connectivity index (χ3n) is 2.81. The van der Waals surface area contributed by atoms with Crippen LogP contribution in [0.5, 0.6) is 5.75 Å². The van der Waals surface area contributed by atoms with Crippen LogP contribution < -0.4 is 10.1 Å². The normalized spacial score (nSPS) is 10.2. The minimum Gasteiger partial charge on any atom is -0.496 e. The van der Waals surface area contributed by atoms with E-state index in [0.717, 1.165) is 32.1 Å². The van der Waals surface area contributed by atoms with Crippen molar-refractivity contribution in [2.45, 2.75) is 17.6 Å². The fourth-order valence-electron chi connectivity index (χ4n) is 1.86. The van der Waals surface area contributed by atoms with Gasteiger partial charge in [0.15, 0.2) is 0 Å². The van der Waals surface area contributed by atoms with E-state index in [1.807, 2.05) is 36.4 Å². The third-order valence-corrected chi connectivity index (χ3v) is 4.37. The zero-order chi connectivity index (χ0) is 15.2. The average molecular weight is 366 g/mol. The van der Waals surface area contributed by atoms with Crippen LogP contribution in [0.15, 0.2) is 51.8 Å². The van der Waals surface area contributed by atoms with Crippen LogP contribution in [0.3, 0.4) is 0 Å². The minimum absolute atomic E-state index is 0.0609. The highest BCUT2D eigenvalue weighted by Crippen LogP contribution is 2.30. The van der Waals surface area contributed by atoms with E-state index in [1.54, 1.807) is 18.9 Å². The van der Waals surface area contributed by atoms with Crippen molar-refractivity contribution >= 4 is 39.3 Å². The zero-order valence-electron chi connectivity index (χ0n) is 11.9. The zero-order valence-corrected chi connectivity index (χ0v) is 14.3. The van der Waals surface area contributed by atoms with Crippen molar-refractivity contribution in [1.29, 1.82) is 0 Å². The SMILES string of the molecule is COc1ccc(Br)cc1CSc1ccc(NC(C)=O)cc1. The molecule has 0 aliphatic heterocycles. The Kier molecular flexibility index (Phi) is 5.70. The van der Waals surface area contributed by atoms with E-state index in [1.165, 1.54) is 6.92 Å². The predicted octanol–water partition coefficient (Wildman–Crippen LogP) is 4.71. The lowest BCUT2D eigenvalue weighted by Crippen LogP contribution is -2.05. The van der Waals surface area contributed by atoms with Crippen LogP contribution in [-0.4, -0.2) is 13.0 Å². The molecule has 0 saturated carbocycles. The number of benzene rings is 2. The van der Waals surface area contributed by atoms with Gasteiger partial charge < -0.3 is 10.1 Å². The summed E-state index contributed by atoms with van der Waals surface area (Å²) in [5.74, 6) is 1.65. The maximum atomic E-state index is 11.0. The average Bonchev–Trinajstić information content (AvgIpc) is 2.46. The maximum absolute atomic E-state index is 11.0. The molecule has 0 aliphatic carbocycles. The fraction of sp³-hybridized carbons (Fsp3) is 0.188. The molecule has 0 spiro atoms. The second-order valence-corrected chi connectivity index (χ2v) is 6.41. The van der Waals surface area contributed by atoms with Gasteiger partial charge in [0.2, 0.25) is 5.91 Å². The number of hydrogen-bond acceptors (Lipinski definition) is 3.